The summed E-state index contributed by atoms with van der Waals surface area (Å²) in [5.74, 6) is 0. The van der Waals surface area contributed by atoms with Crippen molar-refractivity contribution in [1.29, 1.82) is 0 Å². The van der Waals surface area contributed by atoms with E-state index in [1.54, 1.807) is 3.87 Å². The number of hydrogen-bond acceptors (Lipinski definition) is 3. The van der Waals surface area contributed by atoms with Gasteiger partial charge in [0.2, 0.25) is 0 Å². The van der Waals surface area contributed by atoms with Gasteiger partial charge in [-0.05, 0) is 0 Å². The number of rotatable bonds is 2. The molecule has 0 amide bonds. The third-order valence-corrected chi connectivity index (χ3v) is 9.76. The van der Waals surface area contributed by atoms with Crippen LogP contribution in [0.5, 0.6) is 0 Å². The molecule has 124 valence electrons. The van der Waals surface area contributed by atoms with E-state index < -0.39 is 16.8 Å². The second kappa shape index (κ2) is 12.1. The van der Waals surface area contributed by atoms with Crippen LogP contribution in [0, 0.1) is 0 Å². The molecule has 0 saturated carbocycles. The Morgan fingerprint density at radius 3 is 1.76 bits per heavy atom. The molecule has 0 atom stereocenters. The average molecular weight is 393 g/mol. The van der Waals surface area contributed by atoms with Crippen molar-refractivity contribution in [1.82, 2.24) is 14.0 Å². The molecule has 2 rings (SSSR count). The van der Waals surface area contributed by atoms with Crippen molar-refractivity contribution < 1.29 is 16.8 Å². The van der Waals surface area contributed by atoms with Crippen molar-refractivity contribution in [3.05, 3.63) is 30.3 Å². The molecule has 0 aromatic heterocycles. The Labute approximate surface area is 151 Å². The van der Waals surface area contributed by atoms with Crippen LogP contribution in [0.4, 0.5) is 0 Å². The number of nitrogens with one attached hydrogen (secondary N) is 2. The summed E-state index contributed by atoms with van der Waals surface area (Å²) in [6.07, 6.45) is 0. The summed E-state index contributed by atoms with van der Waals surface area (Å²) in [4.78, 5) is 0. The monoisotopic (exact) mass is 391 g/mol. The van der Waals surface area contributed by atoms with Gasteiger partial charge in [0.15, 0.2) is 0 Å². The van der Waals surface area contributed by atoms with E-state index in [1.807, 2.05) is 0 Å². The van der Waals surface area contributed by atoms with Gasteiger partial charge in [0, 0.05) is 0 Å². The van der Waals surface area contributed by atoms with Crippen molar-refractivity contribution in [2.24, 2.45) is 0 Å². The van der Waals surface area contributed by atoms with Gasteiger partial charge in [-0.25, -0.2) is 0 Å². The number of halogens is 3. The van der Waals surface area contributed by atoms with Crippen LogP contribution in [0.25, 0.3) is 0 Å². The zero-order valence-electron chi connectivity index (χ0n) is 12.8. The van der Waals surface area contributed by atoms with Crippen LogP contribution in [0.15, 0.2) is 30.3 Å². The summed E-state index contributed by atoms with van der Waals surface area (Å²) < 4.78 is 4.33. The maximum absolute atomic E-state index is 3.51. The van der Waals surface area contributed by atoms with E-state index in [4.69, 9.17) is 0 Å². The van der Waals surface area contributed by atoms with Gasteiger partial charge in [0.1, 0.15) is 0 Å². The van der Waals surface area contributed by atoms with E-state index in [-0.39, 0.29) is 37.2 Å². The molecule has 1 heterocycles. The molecule has 7 heteroatoms. The van der Waals surface area contributed by atoms with Gasteiger partial charge in [0.25, 0.3) is 0 Å². The zero-order chi connectivity index (χ0) is 12.8. The van der Waals surface area contributed by atoms with Gasteiger partial charge in [-0.3, -0.25) is 0 Å². The summed E-state index contributed by atoms with van der Waals surface area (Å²) in [6, 6.07) is 11.1. The Morgan fingerprint density at radius 2 is 1.29 bits per heavy atom. The van der Waals surface area contributed by atoms with Gasteiger partial charge in [-0.15, -0.1) is 37.2 Å². The van der Waals surface area contributed by atoms with Gasteiger partial charge in [-0.1, -0.05) is 0 Å². The van der Waals surface area contributed by atoms with Crippen LogP contribution < -0.4 is 14.5 Å². The van der Waals surface area contributed by atoms with Gasteiger partial charge < -0.3 is 0 Å². The summed E-state index contributed by atoms with van der Waals surface area (Å²) in [6.45, 7) is 6.78. The van der Waals surface area contributed by atoms with E-state index in [2.05, 4.69) is 54.8 Å². The summed E-state index contributed by atoms with van der Waals surface area (Å²) in [5.41, 5.74) is 0. The van der Waals surface area contributed by atoms with E-state index in [1.165, 1.54) is 13.1 Å². The molecule has 3 nitrogen and oxygen atoms in total. The molecular weight excluding hydrogens is 364 g/mol. The van der Waals surface area contributed by atoms with E-state index >= 15 is 0 Å². The van der Waals surface area contributed by atoms with Gasteiger partial charge in [0.05, 0.1) is 0 Å². The molecule has 0 unspecified atom stereocenters. The van der Waals surface area contributed by atoms with Crippen LogP contribution in [-0.2, 0) is 16.8 Å². The third kappa shape index (κ3) is 7.19. The SMILES string of the molecule is Cl.Cl.Cl.[CH3][Ti]([CH3])([c]1ccccc1)[N]1CCNCCNCC1. The number of hydrogen-bond donors (Lipinski definition) is 2. The predicted octanol–water partition coefficient (Wildman–Crippen LogP) is 2.24. The first-order chi connectivity index (χ1) is 8.71. The molecule has 1 aliphatic rings. The summed E-state index contributed by atoms with van der Waals surface area (Å²) in [5, 5.41) is 12.0. The van der Waals surface area contributed by atoms with Crippen LogP contribution in [0.3, 0.4) is 0 Å². The summed E-state index contributed by atoms with van der Waals surface area (Å²) >= 11 is -2.06. The number of nitrogens with zero attached hydrogens (tertiary/aromatic N) is 1. The molecule has 0 spiro atoms. The van der Waals surface area contributed by atoms with Crippen LogP contribution in [0.2, 0.25) is 10.5 Å². The zero-order valence-corrected chi connectivity index (χ0v) is 16.8. The molecule has 1 aromatic carbocycles. The second-order valence-electron chi connectivity index (χ2n) is 5.41. The summed E-state index contributed by atoms with van der Waals surface area (Å²) in [7, 11) is 0. The Morgan fingerprint density at radius 1 is 0.810 bits per heavy atom. The van der Waals surface area contributed by atoms with Crippen molar-refractivity contribution >= 4 is 41.1 Å². The Balaban J connectivity index is 0. The van der Waals surface area contributed by atoms with E-state index in [0.717, 1.165) is 26.2 Å². The van der Waals surface area contributed by atoms with Crippen LogP contribution in [0.1, 0.15) is 0 Å². The van der Waals surface area contributed by atoms with Gasteiger partial charge >= 0.3 is 115 Å². The second-order valence-corrected chi connectivity index (χ2v) is 12.2. The van der Waals surface area contributed by atoms with Crippen molar-refractivity contribution in [2.75, 3.05) is 39.3 Å². The fraction of sp³-hybridized carbons (Fsp3) is 0.571. The van der Waals surface area contributed by atoms with Crippen molar-refractivity contribution in [2.45, 2.75) is 10.5 Å². The Hall–Kier alpha value is 0.684. The predicted molar refractivity (Wildman–Crippen MR) is 96.9 cm³/mol. The molecule has 1 saturated heterocycles. The Kier molecular flexibility index (Phi) is 13.9. The molecule has 0 bridgehead atoms. The number of benzene rings is 1. The minimum atomic E-state index is -2.06. The van der Waals surface area contributed by atoms with E-state index in [0.29, 0.717) is 0 Å². The molecule has 1 aliphatic heterocycles. The van der Waals surface area contributed by atoms with Crippen molar-refractivity contribution in [3.63, 3.8) is 0 Å². The molecule has 0 radical (unpaired) electrons. The van der Waals surface area contributed by atoms with E-state index in [9.17, 15) is 0 Å². The molecule has 0 aliphatic carbocycles. The van der Waals surface area contributed by atoms with Crippen molar-refractivity contribution in [3.8, 4) is 0 Å². The van der Waals surface area contributed by atoms with Gasteiger partial charge in [-0.2, -0.15) is 0 Å². The fourth-order valence-corrected chi connectivity index (χ4v) is 6.79. The molecule has 1 aromatic rings. The molecular formula is C14H28Cl3N3Ti. The minimum absolute atomic E-state index is 0. The Bertz CT molecular complexity index is 356. The third-order valence-electron chi connectivity index (χ3n) is 3.87. The normalized spacial score (nSPS) is 17.0. The molecule has 1 fully saturated rings. The van der Waals surface area contributed by atoms with Crippen LogP contribution >= 0.6 is 37.2 Å². The fourth-order valence-electron chi connectivity index (χ4n) is 2.55. The first-order valence-electron chi connectivity index (χ1n) is 6.93. The molecule has 21 heavy (non-hydrogen) atoms. The topological polar surface area (TPSA) is 27.3 Å². The quantitative estimate of drug-likeness (QED) is 0.756. The molecule has 2 N–H and O–H groups in total. The first-order valence-corrected chi connectivity index (χ1v) is 11.5. The standard InChI is InChI=1S/C6H14N3.C6H5.2CH3.3ClH.Ti/c1-2-8-5-6-9-4-3-7-1;1-2-4-6-5-3-1;;;;;;/h7-8H,1-6H2;1-5H;2*1H3;3*1H;/q-1;;;;;;;+1. The maximum atomic E-state index is 3.51. The first kappa shape index (κ1) is 23.9. The average Bonchev–Trinajstić information content (AvgIpc) is 2.53. The van der Waals surface area contributed by atoms with Crippen LogP contribution in [-0.4, -0.2) is 42.7 Å².